The molecule has 0 spiro atoms. The van der Waals surface area contributed by atoms with Gasteiger partial charge in [-0.05, 0) is 25.2 Å². The summed E-state index contributed by atoms with van der Waals surface area (Å²) in [5.41, 5.74) is 0.274. The van der Waals surface area contributed by atoms with Crippen LogP contribution in [0.25, 0.3) is 0 Å². The van der Waals surface area contributed by atoms with E-state index in [4.69, 9.17) is 11.6 Å². The molecule has 5 heteroatoms. The number of nitrogens with zero attached hydrogens (tertiary/aromatic N) is 1. The molecule has 3 nitrogen and oxygen atoms in total. The molecule has 0 aromatic carbocycles. The molecule has 1 saturated heterocycles. The second kappa shape index (κ2) is 4.60. The Labute approximate surface area is 97.8 Å². The van der Waals surface area contributed by atoms with Crippen molar-refractivity contribution in [2.75, 3.05) is 19.0 Å². The maximum atomic E-state index is 12.0. The lowest BCUT2D eigenvalue weighted by Gasteiger charge is -2.37. The second-order valence-corrected chi connectivity index (χ2v) is 7.73. The van der Waals surface area contributed by atoms with E-state index in [0.29, 0.717) is 13.1 Å². The van der Waals surface area contributed by atoms with Gasteiger partial charge in [-0.25, -0.2) is 12.7 Å². The van der Waals surface area contributed by atoms with Gasteiger partial charge < -0.3 is 0 Å². The van der Waals surface area contributed by atoms with Gasteiger partial charge in [0.2, 0.25) is 10.0 Å². The summed E-state index contributed by atoms with van der Waals surface area (Å²) in [4.78, 5) is 0. The third kappa shape index (κ3) is 3.08. The SMILES string of the molecule is CC(CCl)S(=O)(=O)N1CCC(C)(C)CC1. The van der Waals surface area contributed by atoms with Crippen LogP contribution in [0.3, 0.4) is 0 Å². The molecule has 1 aliphatic heterocycles. The molecule has 1 heterocycles. The van der Waals surface area contributed by atoms with Gasteiger partial charge in [-0.15, -0.1) is 11.6 Å². The molecule has 0 aliphatic carbocycles. The number of sulfonamides is 1. The van der Waals surface area contributed by atoms with Crippen LogP contribution >= 0.6 is 11.6 Å². The zero-order valence-corrected chi connectivity index (χ0v) is 11.2. The molecule has 0 aromatic rings. The first-order valence-corrected chi connectivity index (χ1v) is 7.38. The van der Waals surface area contributed by atoms with Crippen LogP contribution in [0.4, 0.5) is 0 Å². The Morgan fingerprint density at radius 3 is 2.20 bits per heavy atom. The Bertz CT molecular complexity index is 303. The fourth-order valence-electron chi connectivity index (χ4n) is 1.68. The molecule has 1 rings (SSSR count). The standard InChI is InChI=1S/C10H20ClNO2S/c1-9(8-11)15(13,14)12-6-4-10(2,3)5-7-12/h9H,4-8H2,1-3H3. The Balaban J connectivity index is 2.68. The molecular formula is C10H20ClNO2S. The summed E-state index contributed by atoms with van der Waals surface area (Å²) in [5.74, 6) is 0.169. The lowest BCUT2D eigenvalue weighted by molar-refractivity contribution is 0.195. The quantitative estimate of drug-likeness (QED) is 0.722. The van der Waals surface area contributed by atoms with Crippen LogP contribution < -0.4 is 0 Å². The third-order valence-electron chi connectivity index (χ3n) is 3.16. The average Bonchev–Trinajstić information content (AvgIpc) is 2.15. The molecule has 0 saturated carbocycles. The van der Waals surface area contributed by atoms with E-state index in [0.717, 1.165) is 12.8 Å². The predicted molar refractivity (Wildman–Crippen MR) is 63.7 cm³/mol. The number of alkyl halides is 1. The average molecular weight is 254 g/mol. The normalized spacial score (nSPS) is 25.1. The molecule has 0 bridgehead atoms. The summed E-state index contributed by atoms with van der Waals surface area (Å²) < 4.78 is 25.5. The molecule has 0 amide bonds. The van der Waals surface area contributed by atoms with E-state index in [1.54, 1.807) is 11.2 Å². The largest absolute Gasteiger partial charge is 0.217 e. The highest BCUT2D eigenvalue weighted by molar-refractivity contribution is 7.89. The van der Waals surface area contributed by atoms with E-state index in [2.05, 4.69) is 13.8 Å². The fourth-order valence-corrected chi connectivity index (χ4v) is 3.52. The molecular weight excluding hydrogens is 234 g/mol. The Morgan fingerprint density at radius 2 is 1.80 bits per heavy atom. The highest BCUT2D eigenvalue weighted by Gasteiger charge is 2.34. The highest BCUT2D eigenvalue weighted by atomic mass is 35.5. The Kier molecular flexibility index (Phi) is 4.07. The Hall–Kier alpha value is 0.200. The molecule has 90 valence electrons. The number of hydrogen-bond acceptors (Lipinski definition) is 2. The van der Waals surface area contributed by atoms with E-state index in [1.165, 1.54) is 0 Å². The monoisotopic (exact) mass is 253 g/mol. The molecule has 0 N–H and O–H groups in total. The molecule has 1 unspecified atom stereocenters. The molecule has 1 atom stereocenters. The van der Waals surface area contributed by atoms with Crippen LogP contribution in [0.5, 0.6) is 0 Å². The van der Waals surface area contributed by atoms with Gasteiger partial charge in [0.15, 0.2) is 0 Å². The molecule has 15 heavy (non-hydrogen) atoms. The van der Waals surface area contributed by atoms with Gasteiger partial charge in [0.25, 0.3) is 0 Å². The summed E-state index contributed by atoms with van der Waals surface area (Å²) in [7, 11) is -3.16. The first-order valence-electron chi connectivity index (χ1n) is 5.34. The minimum atomic E-state index is -3.16. The van der Waals surface area contributed by atoms with Crippen molar-refractivity contribution in [3.63, 3.8) is 0 Å². The third-order valence-corrected chi connectivity index (χ3v) is 6.08. The maximum Gasteiger partial charge on any atom is 0.217 e. The van der Waals surface area contributed by atoms with Gasteiger partial charge in [-0.1, -0.05) is 13.8 Å². The van der Waals surface area contributed by atoms with Crippen molar-refractivity contribution >= 4 is 21.6 Å². The smallest absolute Gasteiger partial charge is 0.212 e. The van der Waals surface area contributed by atoms with E-state index < -0.39 is 15.3 Å². The van der Waals surface area contributed by atoms with Crippen molar-refractivity contribution in [2.24, 2.45) is 5.41 Å². The van der Waals surface area contributed by atoms with Crippen molar-refractivity contribution in [3.05, 3.63) is 0 Å². The van der Waals surface area contributed by atoms with Crippen LogP contribution in [0, 0.1) is 5.41 Å². The number of piperidine rings is 1. The van der Waals surface area contributed by atoms with Crippen LogP contribution in [0.1, 0.15) is 33.6 Å². The highest BCUT2D eigenvalue weighted by Crippen LogP contribution is 2.31. The zero-order chi connectivity index (χ0) is 11.7. The van der Waals surface area contributed by atoms with Crippen molar-refractivity contribution in [1.82, 2.24) is 4.31 Å². The molecule has 1 fully saturated rings. The topological polar surface area (TPSA) is 37.4 Å². The number of rotatable bonds is 3. The Morgan fingerprint density at radius 1 is 1.33 bits per heavy atom. The summed E-state index contributed by atoms with van der Waals surface area (Å²) in [5, 5.41) is -0.472. The van der Waals surface area contributed by atoms with Gasteiger partial charge in [-0.2, -0.15) is 0 Å². The van der Waals surface area contributed by atoms with Gasteiger partial charge >= 0.3 is 0 Å². The van der Waals surface area contributed by atoms with Gasteiger partial charge in [-0.3, -0.25) is 0 Å². The van der Waals surface area contributed by atoms with Crippen molar-refractivity contribution in [1.29, 1.82) is 0 Å². The van der Waals surface area contributed by atoms with E-state index in [-0.39, 0.29) is 11.3 Å². The first kappa shape index (κ1) is 13.3. The molecule has 0 aromatic heterocycles. The van der Waals surface area contributed by atoms with Gasteiger partial charge in [0.1, 0.15) is 0 Å². The minimum absolute atomic E-state index is 0.169. The molecule has 0 radical (unpaired) electrons. The van der Waals surface area contributed by atoms with Crippen LogP contribution in [0.15, 0.2) is 0 Å². The molecule has 1 aliphatic rings. The number of hydrogen-bond donors (Lipinski definition) is 0. The lowest BCUT2D eigenvalue weighted by Crippen LogP contribution is -2.45. The van der Waals surface area contributed by atoms with Crippen LogP contribution in [-0.2, 0) is 10.0 Å². The lowest BCUT2D eigenvalue weighted by atomic mass is 9.83. The summed E-state index contributed by atoms with van der Waals surface area (Å²) >= 11 is 5.61. The van der Waals surface area contributed by atoms with Crippen LogP contribution in [0.2, 0.25) is 0 Å². The second-order valence-electron chi connectivity index (χ2n) is 5.07. The zero-order valence-electron chi connectivity index (χ0n) is 9.66. The van der Waals surface area contributed by atoms with Crippen molar-refractivity contribution in [3.8, 4) is 0 Å². The predicted octanol–water partition coefficient (Wildman–Crippen LogP) is 2.07. The van der Waals surface area contributed by atoms with Crippen molar-refractivity contribution < 1.29 is 8.42 Å². The summed E-state index contributed by atoms with van der Waals surface area (Å²) in [6.07, 6.45) is 1.86. The first-order chi connectivity index (χ1) is 6.79. The summed E-state index contributed by atoms with van der Waals surface area (Å²) in [6, 6.07) is 0. The maximum absolute atomic E-state index is 12.0. The van der Waals surface area contributed by atoms with Crippen LogP contribution in [-0.4, -0.2) is 36.9 Å². The van der Waals surface area contributed by atoms with Gasteiger partial charge in [0.05, 0.1) is 5.25 Å². The van der Waals surface area contributed by atoms with E-state index >= 15 is 0 Å². The van der Waals surface area contributed by atoms with Gasteiger partial charge in [0, 0.05) is 19.0 Å². The number of halogens is 1. The van der Waals surface area contributed by atoms with E-state index in [1.807, 2.05) is 0 Å². The summed E-state index contributed by atoms with van der Waals surface area (Å²) in [6.45, 7) is 7.30. The van der Waals surface area contributed by atoms with E-state index in [9.17, 15) is 8.42 Å². The fraction of sp³-hybridized carbons (Fsp3) is 1.00. The minimum Gasteiger partial charge on any atom is -0.212 e. The van der Waals surface area contributed by atoms with Crippen molar-refractivity contribution in [2.45, 2.75) is 38.9 Å².